The van der Waals surface area contributed by atoms with Crippen molar-refractivity contribution in [2.75, 3.05) is 6.54 Å². The van der Waals surface area contributed by atoms with Gasteiger partial charge in [0.15, 0.2) is 0 Å². The Bertz CT molecular complexity index is 660. The Morgan fingerprint density at radius 3 is 2.91 bits per heavy atom. The summed E-state index contributed by atoms with van der Waals surface area (Å²) in [6.07, 6.45) is 12.2. The van der Waals surface area contributed by atoms with E-state index in [4.69, 9.17) is 0 Å². The molecule has 1 aromatic heterocycles. The number of thiophene rings is 1. The van der Waals surface area contributed by atoms with Crippen molar-refractivity contribution in [3.05, 3.63) is 50.8 Å². The van der Waals surface area contributed by atoms with E-state index in [0.29, 0.717) is 0 Å². The summed E-state index contributed by atoms with van der Waals surface area (Å²) in [6, 6.07) is 0. The Labute approximate surface area is 145 Å². The molecule has 0 bridgehead atoms. The second-order valence-electron chi connectivity index (χ2n) is 7.01. The topological polar surface area (TPSA) is 12.0 Å². The van der Waals surface area contributed by atoms with E-state index in [0.717, 1.165) is 18.2 Å². The van der Waals surface area contributed by atoms with Crippen molar-refractivity contribution in [1.82, 2.24) is 5.32 Å². The van der Waals surface area contributed by atoms with Gasteiger partial charge in [0.2, 0.25) is 0 Å². The molecular formula is C21H29NS. The molecular weight excluding hydrogens is 298 g/mol. The van der Waals surface area contributed by atoms with Crippen molar-refractivity contribution in [2.45, 2.75) is 59.3 Å². The predicted molar refractivity (Wildman–Crippen MR) is 103 cm³/mol. The normalized spacial score (nSPS) is 20.0. The molecule has 0 saturated carbocycles. The molecule has 2 heteroatoms. The number of nitrogens with one attached hydrogen (secondary N) is 1. The molecule has 1 unspecified atom stereocenters. The number of fused-ring (bicyclic) bond motifs is 1. The highest BCUT2D eigenvalue weighted by Crippen LogP contribution is 2.41. The third-order valence-electron chi connectivity index (χ3n) is 5.20. The van der Waals surface area contributed by atoms with Crippen molar-refractivity contribution in [1.29, 1.82) is 0 Å². The number of aryl methyl sites for hydroxylation is 2. The summed E-state index contributed by atoms with van der Waals surface area (Å²) in [4.78, 5) is 3.05. The van der Waals surface area contributed by atoms with E-state index in [9.17, 15) is 0 Å². The van der Waals surface area contributed by atoms with Crippen LogP contribution in [0.1, 0.15) is 60.4 Å². The van der Waals surface area contributed by atoms with Gasteiger partial charge in [-0.3, -0.25) is 0 Å². The molecule has 1 aromatic rings. The second-order valence-corrected chi connectivity index (χ2v) is 8.31. The zero-order chi connectivity index (χ0) is 16.4. The van der Waals surface area contributed by atoms with E-state index in [1.165, 1.54) is 54.5 Å². The van der Waals surface area contributed by atoms with Crippen LogP contribution in [0.15, 0.2) is 29.9 Å². The van der Waals surface area contributed by atoms with Crippen LogP contribution in [0, 0.1) is 12.8 Å². The van der Waals surface area contributed by atoms with E-state index in [1.54, 1.807) is 16.0 Å². The molecule has 23 heavy (non-hydrogen) atoms. The maximum Gasteiger partial charge on any atom is 0.0354 e. The first-order chi connectivity index (χ1) is 11.1. The summed E-state index contributed by atoms with van der Waals surface area (Å²) in [5, 5.41) is 3.56. The van der Waals surface area contributed by atoms with E-state index >= 15 is 0 Å². The summed E-state index contributed by atoms with van der Waals surface area (Å²) in [6.45, 7) is 12.1. The Hall–Kier alpha value is -1.28. The molecule has 1 atom stereocenters. The first-order valence-electron chi connectivity index (χ1n) is 9.01. The van der Waals surface area contributed by atoms with Crippen LogP contribution in [0.4, 0.5) is 0 Å². The van der Waals surface area contributed by atoms with E-state index < -0.39 is 0 Å². The van der Waals surface area contributed by atoms with Crippen LogP contribution in [0.5, 0.6) is 0 Å². The highest BCUT2D eigenvalue weighted by atomic mass is 32.1. The van der Waals surface area contributed by atoms with Crippen molar-refractivity contribution < 1.29 is 0 Å². The van der Waals surface area contributed by atoms with Crippen LogP contribution in [-0.2, 0) is 12.8 Å². The average molecular weight is 328 g/mol. The van der Waals surface area contributed by atoms with Gasteiger partial charge in [-0.15, -0.1) is 11.3 Å². The molecule has 0 aliphatic heterocycles. The first kappa shape index (κ1) is 16.6. The molecule has 124 valence electrons. The monoisotopic (exact) mass is 327 g/mol. The number of hydrogen-bond acceptors (Lipinski definition) is 2. The van der Waals surface area contributed by atoms with Crippen LogP contribution >= 0.6 is 11.3 Å². The molecule has 0 amide bonds. The SMILES string of the molecule is C=C(NCCCC)c1c(C)sc2c1CC(C1=CC(C)=CC1)CC2. The summed E-state index contributed by atoms with van der Waals surface area (Å²) in [5.74, 6) is 0.729. The number of rotatable bonds is 6. The number of unbranched alkanes of at least 4 members (excludes halogenated alkanes) is 1. The molecule has 3 rings (SSSR count). The largest absolute Gasteiger partial charge is 0.385 e. The Morgan fingerprint density at radius 1 is 1.39 bits per heavy atom. The molecule has 2 aliphatic rings. The van der Waals surface area contributed by atoms with Crippen LogP contribution in [0.3, 0.4) is 0 Å². The quantitative estimate of drug-likeness (QED) is 0.651. The molecule has 2 aliphatic carbocycles. The Kier molecular flexibility index (Phi) is 5.11. The molecule has 0 saturated heterocycles. The van der Waals surface area contributed by atoms with Gasteiger partial charge in [0.25, 0.3) is 0 Å². The smallest absolute Gasteiger partial charge is 0.0354 e. The minimum atomic E-state index is 0.729. The highest BCUT2D eigenvalue weighted by molar-refractivity contribution is 7.12. The molecule has 1 N–H and O–H groups in total. The van der Waals surface area contributed by atoms with Gasteiger partial charge in [-0.2, -0.15) is 0 Å². The van der Waals surface area contributed by atoms with E-state index in [2.05, 4.69) is 44.8 Å². The van der Waals surface area contributed by atoms with E-state index in [1.807, 2.05) is 11.3 Å². The maximum atomic E-state index is 4.34. The molecule has 1 heterocycles. The minimum absolute atomic E-state index is 0.729. The van der Waals surface area contributed by atoms with Crippen molar-refractivity contribution in [3.8, 4) is 0 Å². The van der Waals surface area contributed by atoms with Crippen LogP contribution in [0.2, 0.25) is 0 Å². The fraction of sp³-hybridized carbons (Fsp3) is 0.524. The van der Waals surface area contributed by atoms with Crippen molar-refractivity contribution >= 4 is 17.0 Å². The van der Waals surface area contributed by atoms with Gasteiger partial charge >= 0.3 is 0 Å². The van der Waals surface area contributed by atoms with Gasteiger partial charge in [-0.1, -0.05) is 43.2 Å². The number of allylic oxidation sites excluding steroid dienone is 4. The van der Waals surface area contributed by atoms with Gasteiger partial charge in [0.05, 0.1) is 0 Å². The summed E-state index contributed by atoms with van der Waals surface area (Å²) in [5.41, 5.74) is 7.24. The van der Waals surface area contributed by atoms with E-state index in [-0.39, 0.29) is 0 Å². The molecule has 0 spiro atoms. The van der Waals surface area contributed by atoms with Crippen LogP contribution in [-0.4, -0.2) is 6.54 Å². The zero-order valence-electron chi connectivity index (χ0n) is 14.8. The lowest BCUT2D eigenvalue weighted by Crippen LogP contribution is -2.18. The first-order valence-corrected chi connectivity index (χ1v) is 9.83. The maximum absolute atomic E-state index is 4.34. The average Bonchev–Trinajstić information content (AvgIpc) is 3.09. The third-order valence-corrected chi connectivity index (χ3v) is 6.41. The minimum Gasteiger partial charge on any atom is -0.385 e. The lowest BCUT2D eigenvalue weighted by atomic mass is 9.81. The molecule has 0 radical (unpaired) electrons. The lowest BCUT2D eigenvalue weighted by Gasteiger charge is -2.25. The van der Waals surface area contributed by atoms with Crippen LogP contribution < -0.4 is 5.32 Å². The highest BCUT2D eigenvalue weighted by Gasteiger charge is 2.28. The summed E-state index contributed by atoms with van der Waals surface area (Å²) < 4.78 is 0. The standard InChI is InChI=1S/C21H29NS/c1-5-6-11-22-15(3)21-16(4)23-20-10-9-18(13-19(20)21)17-8-7-14(2)12-17/h7,12,18,22H,3,5-6,8-11,13H2,1-2,4H3. The predicted octanol–water partition coefficient (Wildman–Crippen LogP) is 5.80. The second kappa shape index (κ2) is 7.09. The fourth-order valence-electron chi connectivity index (χ4n) is 3.91. The number of hydrogen-bond donors (Lipinski definition) is 1. The van der Waals surface area contributed by atoms with Crippen molar-refractivity contribution in [3.63, 3.8) is 0 Å². The van der Waals surface area contributed by atoms with Gasteiger partial charge in [-0.25, -0.2) is 0 Å². The summed E-state index contributed by atoms with van der Waals surface area (Å²) >= 11 is 2.00. The van der Waals surface area contributed by atoms with Crippen LogP contribution in [0.25, 0.3) is 5.70 Å². The van der Waals surface area contributed by atoms with Gasteiger partial charge in [0, 0.05) is 27.6 Å². The summed E-state index contributed by atoms with van der Waals surface area (Å²) in [7, 11) is 0. The Balaban J connectivity index is 1.78. The zero-order valence-corrected chi connectivity index (χ0v) is 15.6. The molecule has 0 fully saturated rings. The van der Waals surface area contributed by atoms with Gasteiger partial charge in [-0.05, 0) is 57.4 Å². The molecule has 0 aromatic carbocycles. The fourth-order valence-corrected chi connectivity index (χ4v) is 5.16. The Morgan fingerprint density at radius 2 is 2.22 bits per heavy atom. The lowest BCUT2D eigenvalue weighted by molar-refractivity contribution is 0.524. The van der Waals surface area contributed by atoms with Gasteiger partial charge < -0.3 is 5.32 Å². The van der Waals surface area contributed by atoms with Gasteiger partial charge in [0.1, 0.15) is 0 Å². The molecule has 1 nitrogen and oxygen atoms in total. The van der Waals surface area contributed by atoms with Crippen molar-refractivity contribution in [2.24, 2.45) is 5.92 Å². The third kappa shape index (κ3) is 3.47.